The molecule has 4 heteroatoms. The van der Waals surface area contributed by atoms with Crippen molar-refractivity contribution < 1.29 is 19.1 Å². The van der Waals surface area contributed by atoms with Crippen LogP contribution in [0.1, 0.15) is 20.8 Å². The third kappa shape index (κ3) is 5.90. The van der Waals surface area contributed by atoms with Gasteiger partial charge in [0.05, 0.1) is 6.61 Å². The Balaban J connectivity index is 3.75. The number of hydrogen-bond donors (Lipinski definition) is 0. The van der Waals surface area contributed by atoms with E-state index in [-0.39, 0.29) is 18.1 Å². The summed E-state index contributed by atoms with van der Waals surface area (Å²) >= 11 is 0. The summed E-state index contributed by atoms with van der Waals surface area (Å²) in [4.78, 5) is 21.5. The highest BCUT2D eigenvalue weighted by Crippen LogP contribution is 1.98. The van der Waals surface area contributed by atoms with Crippen molar-refractivity contribution in [2.45, 2.75) is 20.8 Å². The molecule has 0 bridgehead atoms. The minimum absolute atomic E-state index is 0.168. The molecular weight excluding hydrogens is 172 g/mol. The third-order valence-corrected chi connectivity index (χ3v) is 1.06. The molecular formula is C9H14O4. The highest BCUT2D eigenvalue weighted by molar-refractivity contribution is 5.93. The van der Waals surface area contributed by atoms with Gasteiger partial charge in [-0.1, -0.05) is 20.4 Å². The van der Waals surface area contributed by atoms with Crippen LogP contribution in [0.5, 0.6) is 0 Å². The van der Waals surface area contributed by atoms with Crippen LogP contribution in [0.2, 0.25) is 0 Å². The molecule has 0 N–H and O–H groups in total. The maximum absolute atomic E-state index is 10.8. The zero-order valence-electron chi connectivity index (χ0n) is 8.12. The molecule has 0 saturated carbocycles. The molecule has 0 radical (unpaired) electrons. The minimum atomic E-state index is -0.971. The number of hydrogen-bond acceptors (Lipinski definition) is 4. The first kappa shape index (κ1) is 11.7. The monoisotopic (exact) mass is 186 g/mol. The SMILES string of the molecule is C=C(C)C(=O)OC(=O)OCC(C)C. The standard InChI is InChI=1S/C9H14O4/c1-6(2)5-12-9(11)13-8(10)7(3)4/h6H,3,5H2,1-2,4H3. The molecule has 4 nitrogen and oxygen atoms in total. The highest BCUT2D eigenvalue weighted by atomic mass is 16.7. The van der Waals surface area contributed by atoms with Gasteiger partial charge in [-0.25, -0.2) is 9.59 Å². The fourth-order valence-electron chi connectivity index (χ4n) is 0.427. The van der Waals surface area contributed by atoms with Gasteiger partial charge in [0.25, 0.3) is 0 Å². The van der Waals surface area contributed by atoms with Crippen molar-refractivity contribution in [2.75, 3.05) is 6.61 Å². The van der Waals surface area contributed by atoms with Gasteiger partial charge in [-0.2, -0.15) is 0 Å². The number of carbonyl (C=O) groups is 2. The van der Waals surface area contributed by atoms with Gasteiger partial charge in [0.2, 0.25) is 0 Å². The van der Waals surface area contributed by atoms with Gasteiger partial charge in [0, 0.05) is 5.57 Å². The van der Waals surface area contributed by atoms with Crippen molar-refractivity contribution >= 4 is 12.1 Å². The van der Waals surface area contributed by atoms with Crippen LogP contribution in [0.3, 0.4) is 0 Å². The minimum Gasteiger partial charge on any atom is -0.434 e. The molecule has 0 unspecified atom stereocenters. The van der Waals surface area contributed by atoms with Crippen molar-refractivity contribution in [3.63, 3.8) is 0 Å². The maximum atomic E-state index is 10.8. The van der Waals surface area contributed by atoms with Gasteiger partial charge in [-0.3, -0.25) is 0 Å². The summed E-state index contributed by atoms with van der Waals surface area (Å²) in [5, 5.41) is 0. The average Bonchev–Trinajstić information content (AvgIpc) is 2.00. The fourth-order valence-corrected chi connectivity index (χ4v) is 0.427. The topological polar surface area (TPSA) is 52.6 Å². The Morgan fingerprint density at radius 1 is 1.38 bits per heavy atom. The fraction of sp³-hybridized carbons (Fsp3) is 0.556. The predicted molar refractivity (Wildman–Crippen MR) is 47.1 cm³/mol. The van der Waals surface area contributed by atoms with E-state index in [2.05, 4.69) is 16.1 Å². The number of rotatable bonds is 3. The molecule has 13 heavy (non-hydrogen) atoms. The van der Waals surface area contributed by atoms with Crippen LogP contribution in [0, 0.1) is 5.92 Å². The van der Waals surface area contributed by atoms with Crippen molar-refractivity contribution in [3.8, 4) is 0 Å². The van der Waals surface area contributed by atoms with Crippen molar-refractivity contribution in [2.24, 2.45) is 5.92 Å². The second kappa shape index (κ2) is 5.35. The lowest BCUT2D eigenvalue weighted by Crippen LogP contribution is -2.16. The van der Waals surface area contributed by atoms with Crippen LogP contribution in [0.25, 0.3) is 0 Å². The van der Waals surface area contributed by atoms with Gasteiger partial charge in [-0.05, 0) is 12.8 Å². The third-order valence-electron chi connectivity index (χ3n) is 1.06. The van der Waals surface area contributed by atoms with Crippen molar-refractivity contribution in [3.05, 3.63) is 12.2 Å². The maximum Gasteiger partial charge on any atom is 0.516 e. The lowest BCUT2D eigenvalue weighted by Gasteiger charge is -2.06. The highest BCUT2D eigenvalue weighted by Gasteiger charge is 2.12. The summed E-state index contributed by atoms with van der Waals surface area (Å²) in [6.07, 6.45) is -0.971. The van der Waals surface area contributed by atoms with Crippen molar-refractivity contribution in [1.29, 1.82) is 0 Å². The molecule has 0 aliphatic heterocycles. The number of carbonyl (C=O) groups excluding carboxylic acids is 2. The number of ether oxygens (including phenoxy) is 2. The summed E-state index contributed by atoms with van der Waals surface area (Å²) in [7, 11) is 0. The molecule has 0 spiro atoms. The average molecular weight is 186 g/mol. The lowest BCUT2D eigenvalue weighted by atomic mass is 10.2. The molecule has 0 aromatic heterocycles. The van der Waals surface area contributed by atoms with Gasteiger partial charge < -0.3 is 9.47 Å². The molecule has 0 aromatic carbocycles. The lowest BCUT2D eigenvalue weighted by molar-refractivity contribution is -0.135. The van der Waals surface area contributed by atoms with Crippen LogP contribution in [0.4, 0.5) is 4.79 Å². The Hall–Kier alpha value is -1.32. The first-order chi connectivity index (χ1) is 5.93. The van der Waals surface area contributed by atoms with Gasteiger partial charge in [-0.15, -0.1) is 0 Å². The Bertz CT molecular complexity index is 218. The zero-order chi connectivity index (χ0) is 10.4. The van der Waals surface area contributed by atoms with E-state index in [9.17, 15) is 9.59 Å². The van der Waals surface area contributed by atoms with Gasteiger partial charge in [0.1, 0.15) is 0 Å². The van der Waals surface area contributed by atoms with Gasteiger partial charge >= 0.3 is 12.1 Å². The first-order valence-corrected chi connectivity index (χ1v) is 3.98. The molecule has 0 atom stereocenters. The molecule has 0 saturated heterocycles. The van der Waals surface area contributed by atoms with Gasteiger partial charge in [0.15, 0.2) is 0 Å². The quantitative estimate of drug-likeness (QED) is 0.383. The van der Waals surface area contributed by atoms with E-state index in [0.29, 0.717) is 0 Å². The molecule has 0 heterocycles. The Morgan fingerprint density at radius 2 is 1.92 bits per heavy atom. The van der Waals surface area contributed by atoms with E-state index in [4.69, 9.17) is 0 Å². The second-order valence-electron chi connectivity index (χ2n) is 3.12. The molecule has 0 aliphatic carbocycles. The normalized spacial score (nSPS) is 9.54. The summed E-state index contributed by atoms with van der Waals surface area (Å²) in [6, 6.07) is 0. The molecule has 74 valence electrons. The molecule has 0 rings (SSSR count). The summed E-state index contributed by atoms with van der Waals surface area (Å²) < 4.78 is 8.86. The molecule has 0 aromatic rings. The second-order valence-corrected chi connectivity index (χ2v) is 3.12. The Kier molecular flexibility index (Phi) is 4.80. The largest absolute Gasteiger partial charge is 0.516 e. The van der Waals surface area contributed by atoms with Crippen LogP contribution < -0.4 is 0 Å². The summed E-state index contributed by atoms with van der Waals surface area (Å²) in [5.74, 6) is -0.541. The van der Waals surface area contributed by atoms with Crippen LogP contribution >= 0.6 is 0 Å². The molecule has 0 amide bonds. The smallest absolute Gasteiger partial charge is 0.434 e. The Morgan fingerprint density at radius 3 is 2.31 bits per heavy atom. The summed E-state index contributed by atoms with van der Waals surface area (Å²) in [6.45, 7) is 8.78. The zero-order valence-corrected chi connectivity index (χ0v) is 8.12. The molecule has 0 aliphatic rings. The van der Waals surface area contributed by atoms with E-state index in [1.165, 1.54) is 6.92 Å². The van der Waals surface area contributed by atoms with Crippen molar-refractivity contribution in [1.82, 2.24) is 0 Å². The van der Waals surface area contributed by atoms with Crippen LogP contribution in [0.15, 0.2) is 12.2 Å². The first-order valence-electron chi connectivity index (χ1n) is 3.98. The van der Waals surface area contributed by atoms with E-state index in [0.717, 1.165) is 0 Å². The molecule has 0 fully saturated rings. The van der Waals surface area contributed by atoms with E-state index in [1.54, 1.807) is 0 Å². The van der Waals surface area contributed by atoms with E-state index in [1.807, 2.05) is 13.8 Å². The van der Waals surface area contributed by atoms with E-state index >= 15 is 0 Å². The predicted octanol–water partition coefficient (Wildman–Crippen LogP) is 1.90. The van der Waals surface area contributed by atoms with E-state index < -0.39 is 12.1 Å². The summed E-state index contributed by atoms with van der Waals surface area (Å²) in [5.41, 5.74) is 0.168. The van der Waals surface area contributed by atoms with Crippen LogP contribution in [-0.4, -0.2) is 18.7 Å². The Labute approximate surface area is 77.5 Å². The van der Waals surface area contributed by atoms with Crippen LogP contribution in [-0.2, 0) is 14.3 Å². The number of esters is 1.